The molecule has 0 fully saturated rings. The summed E-state index contributed by atoms with van der Waals surface area (Å²) in [5, 5.41) is 0. The monoisotopic (exact) mass is 859 g/mol. The van der Waals surface area contributed by atoms with E-state index >= 15 is 0 Å². The van der Waals surface area contributed by atoms with Crippen LogP contribution in [0, 0.1) is 0 Å². The highest BCUT2D eigenvalue weighted by atomic mass is 16.6. The quantitative estimate of drug-likeness (QED) is 0.0263. The first-order chi connectivity index (χ1) is 30.5. The number of hydrogen-bond acceptors (Lipinski definition) is 6. The first-order valence-electron chi connectivity index (χ1n) is 24.9. The van der Waals surface area contributed by atoms with E-state index in [1.165, 1.54) is 44.9 Å². The lowest BCUT2D eigenvalue weighted by Crippen LogP contribution is -2.30. The molecule has 1 unspecified atom stereocenters. The Morgan fingerprint density at radius 1 is 0.339 bits per heavy atom. The molecule has 0 amide bonds. The third-order valence-electron chi connectivity index (χ3n) is 9.99. The fourth-order valence-electron chi connectivity index (χ4n) is 6.31. The number of esters is 3. The maximum atomic E-state index is 12.8. The highest BCUT2D eigenvalue weighted by Gasteiger charge is 2.19. The number of allylic oxidation sites excluding steroid dienone is 18. The molecule has 0 heterocycles. The zero-order valence-electron chi connectivity index (χ0n) is 39.8. The average molecular weight is 859 g/mol. The molecule has 0 aromatic rings. The van der Waals surface area contributed by atoms with Crippen LogP contribution in [0.2, 0.25) is 0 Å². The summed E-state index contributed by atoms with van der Waals surface area (Å²) in [6.07, 6.45) is 66.6. The van der Waals surface area contributed by atoms with E-state index in [0.717, 1.165) is 116 Å². The van der Waals surface area contributed by atoms with Gasteiger partial charge in [0, 0.05) is 19.3 Å². The van der Waals surface area contributed by atoms with Crippen LogP contribution in [-0.4, -0.2) is 37.2 Å². The largest absolute Gasteiger partial charge is 0.462 e. The van der Waals surface area contributed by atoms with Crippen molar-refractivity contribution in [2.75, 3.05) is 13.2 Å². The van der Waals surface area contributed by atoms with Crippen molar-refractivity contribution in [3.8, 4) is 0 Å². The molecule has 0 N–H and O–H groups in total. The van der Waals surface area contributed by atoms with E-state index in [9.17, 15) is 14.4 Å². The summed E-state index contributed by atoms with van der Waals surface area (Å²) in [5.41, 5.74) is 0. The van der Waals surface area contributed by atoms with E-state index in [1.54, 1.807) is 0 Å². The topological polar surface area (TPSA) is 78.9 Å². The van der Waals surface area contributed by atoms with Crippen LogP contribution >= 0.6 is 0 Å². The van der Waals surface area contributed by atoms with E-state index in [2.05, 4.69) is 130 Å². The lowest BCUT2D eigenvalue weighted by atomic mass is 10.1. The Kier molecular flexibility index (Phi) is 46.6. The maximum Gasteiger partial charge on any atom is 0.306 e. The number of rotatable bonds is 43. The van der Waals surface area contributed by atoms with Crippen LogP contribution in [0.15, 0.2) is 109 Å². The summed E-state index contributed by atoms with van der Waals surface area (Å²) < 4.78 is 16.7. The predicted octanol–water partition coefficient (Wildman–Crippen LogP) is 16.4. The fourth-order valence-corrected chi connectivity index (χ4v) is 6.31. The minimum Gasteiger partial charge on any atom is -0.462 e. The minimum atomic E-state index is -0.820. The molecule has 0 radical (unpaired) electrons. The van der Waals surface area contributed by atoms with E-state index in [0.29, 0.717) is 12.8 Å². The van der Waals surface area contributed by atoms with Crippen molar-refractivity contribution in [3.63, 3.8) is 0 Å². The van der Waals surface area contributed by atoms with Gasteiger partial charge in [0.25, 0.3) is 0 Å². The summed E-state index contributed by atoms with van der Waals surface area (Å²) >= 11 is 0. The third-order valence-corrected chi connectivity index (χ3v) is 9.99. The first-order valence-corrected chi connectivity index (χ1v) is 24.9. The molecule has 0 aromatic heterocycles. The molecule has 0 saturated carbocycles. The molecule has 0 saturated heterocycles. The zero-order valence-corrected chi connectivity index (χ0v) is 39.8. The van der Waals surface area contributed by atoms with Crippen LogP contribution in [0.3, 0.4) is 0 Å². The van der Waals surface area contributed by atoms with Crippen molar-refractivity contribution in [1.82, 2.24) is 0 Å². The van der Waals surface area contributed by atoms with Gasteiger partial charge in [-0.15, -0.1) is 0 Å². The SMILES string of the molecule is CC/C=C\C/C=C\C/C=C\C/C=C\C/C=C\CCCCCC(=O)OCC(COC(=O)CCC/C=C\C/C=C\C/C=C\CC)OC(=O)CCCCC/C=C\CCCCCCCCC. The summed E-state index contributed by atoms with van der Waals surface area (Å²) in [5.74, 6) is -1.03. The van der Waals surface area contributed by atoms with Gasteiger partial charge in [0.2, 0.25) is 0 Å². The van der Waals surface area contributed by atoms with Crippen molar-refractivity contribution in [1.29, 1.82) is 0 Å². The Balaban J connectivity index is 4.51. The Bertz CT molecular complexity index is 1310. The molecule has 0 rings (SSSR count). The van der Waals surface area contributed by atoms with Crippen LogP contribution < -0.4 is 0 Å². The fraction of sp³-hybridized carbons (Fsp3) is 0.625. The molecular weight excluding hydrogens is 769 g/mol. The van der Waals surface area contributed by atoms with Gasteiger partial charge in [0.05, 0.1) is 0 Å². The smallest absolute Gasteiger partial charge is 0.306 e. The summed E-state index contributed by atoms with van der Waals surface area (Å²) in [6.45, 7) is 6.29. The number of unbranched alkanes of at least 4 members (excludes halogenated alkanes) is 14. The Morgan fingerprint density at radius 3 is 1.06 bits per heavy atom. The second-order valence-electron chi connectivity index (χ2n) is 16.0. The molecule has 0 aromatic carbocycles. The molecule has 6 heteroatoms. The zero-order chi connectivity index (χ0) is 45.1. The number of carbonyl (C=O) groups excluding carboxylic acids is 3. The van der Waals surface area contributed by atoms with Gasteiger partial charge in [-0.1, -0.05) is 182 Å². The normalized spacial score (nSPS) is 13.0. The van der Waals surface area contributed by atoms with E-state index in [-0.39, 0.29) is 44.0 Å². The van der Waals surface area contributed by atoms with Gasteiger partial charge < -0.3 is 14.2 Å². The molecule has 0 aliphatic heterocycles. The molecule has 0 aliphatic rings. The van der Waals surface area contributed by atoms with E-state index < -0.39 is 6.10 Å². The molecule has 6 nitrogen and oxygen atoms in total. The lowest BCUT2D eigenvalue weighted by molar-refractivity contribution is -0.167. The van der Waals surface area contributed by atoms with E-state index in [4.69, 9.17) is 14.2 Å². The van der Waals surface area contributed by atoms with Gasteiger partial charge in [0.1, 0.15) is 13.2 Å². The Labute approximate surface area is 380 Å². The van der Waals surface area contributed by atoms with E-state index in [1.807, 2.05) is 0 Å². The second-order valence-corrected chi connectivity index (χ2v) is 16.0. The first kappa shape index (κ1) is 58.1. The summed E-state index contributed by atoms with van der Waals surface area (Å²) in [7, 11) is 0. The molecule has 350 valence electrons. The average Bonchev–Trinajstić information content (AvgIpc) is 3.27. The maximum absolute atomic E-state index is 12.8. The summed E-state index contributed by atoms with van der Waals surface area (Å²) in [6, 6.07) is 0. The second kappa shape index (κ2) is 49.7. The van der Waals surface area contributed by atoms with Crippen LogP contribution in [0.1, 0.15) is 207 Å². The van der Waals surface area contributed by atoms with Crippen molar-refractivity contribution in [3.05, 3.63) is 109 Å². The van der Waals surface area contributed by atoms with Crippen molar-refractivity contribution in [2.24, 2.45) is 0 Å². The van der Waals surface area contributed by atoms with Gasteiger partial charge in [-0.25, -0.2) is 0 Å². The molecule has 0 spiro atoms. The Hall–Kier alpha value is -3.93. The van der Waals surface area contributed by atoms with Gasteiger partial charge in [-0.3, -0.25) is 14.4 Å². The van der Waals surface area contributed by atoms with Crippen LogP contribution in [0.25, 0.3) is 0 Å². The van der Waals surface area contributed by atoms with Gasteiger partial charge in [0.15, 0.2) is 6.10 Å². The number of carbonyl (C=O) groups is 3. The van der Waals surface area contributed by atoms with Gasteiger partial charge >= 0.3 is 17.9 Å². The van der Waals surface area contributed by atoms with Crippen molar-refractivity contribution >= 4 is 17.9 Å². The standard InChI is InChI=1S/C56H90O6/c1-4-7-10-13-16-19-22-24-26-27-28-29-30-32-34-37-40-43-46-49-55(58)61-52-53(51-60-54(57)48-45-42-39-36-33-21-18-15-12-9-6-3)62-56(59)50-47-44-41-38-35-31-25-23-20-17-14-11-8-5-2/h7,9-10,12,16,18-19,21,24,26,28-29,31-32,34-36,39,53H,4-6,8,11,13-15,17,20,22-23,25,27,30,33,37-38,40-52H2,1-3H3/b10-7-,12-9-,19-16-,21-18-,26-24-,29-28-,34-32-,35-31-,39-36-. The van der Waals surface area contributed by atoms with Gasteiger partial charge in [-0.05, 0) is 116 Å². The predicted molar refractivity (Wildman–Crippen MR) is 265 cm³/mol. The van der Waals surface area contributed by atoms with Gasteiger partial charge in [-0.2, -0.15) is 0 Å². The third kappa shape index (κ3) is 47.1. The number of hydrogen-bond donors (Lipinski definition) is 0. The Morgan fingerprint density at radius 2 is 0.645 bits per heavy atom. The molecule has 1 atom stereocenters. The molecular formula is C56H90O6. The molecule has 62 heavy (non-hydrogen) atoms. The lowest BCUT2D eigenvalue weighted by Gasteiger charge is -2.18. The molecule has 0 bridgehead atoms. The number of ether oxygens (including phenoxy) is 3. The van der Waals surface area contributed by atoms with Crippen LogP contribution in [0.4, 0.5) is 0 Å². The minimum absolute atomic E-state index is 0.119. The highest BCUT2D eigenvalue weighted by molar-refractivity contribution is 5.71. The van der Waals surface area contributed by atoms with Crippen LogP contribution in [-0.2, 0) is 28.6 Å². The molecule has 0 aliphatic carbocycles. The summed E-state index contributed by atoms with van der Waals surface area (Å²) in [4.78, 5) is 37.9. The van der Waals surface area contributed by atoms with Crippen molar-refractivity contribution in [2.45, 2.75) is 213 Å². The highest BCUT2D eigenvalue weighted by Crippen LogP contribution is 2.12. The van der Waals surface area contributed by atoms with Crippen LogP contribution in [0.5, 0.6) is 0 Å². The van der Waals surface area contributed by atoms with Crippen molar-refractivity contribution < 1.29 is 28.6 Å².